The molecule has 1 amide bonds. The number of carbonyl (C=O) groups is 2. The van der Waals surface area contributed by atoms with E-state index in [9.17, 15) is 14.7 Å². The van der Waals surface area contributed by atoms with E-state index in [1.807, 2.05) is 13.8 Å². The van der Waals surface area contributed by atoms with Gasteiger partial charge in [0.2, 0.25) is 0 Å². The van der Waals surface area contributed by atoms with Crippen molar-refractivity contribution in [2.45, 2.75) is 26.8 Å². The smallest absolute Gasteiger partial charge is 0.252 e. The van der Waals surface area contributed by atoms with E-state index >= 15 is 0 Å². The molecule has 0 aromatic heterocycles. The van der Waals surface area contributed by atoms with Gasteiger partial charge < -0.3 is 10.4 Å². The van der Waals surface area contributed by atoms with E-state index in [1.165, 1.54) is 6.92 Å². The van der Waals surface area contributed by atoms with Crippen LogP contribution in [0.5, 0.6) is 0 Å². The van der Waals surface area contributed by atoms with E-state index in [1.54, 1.807) is 24.3 Å². The van der Waals surface area contributed by atoms with Gasteiger partial charge in [0, 0.05) is 5.56 Å². The number of amides is 1. The van der Waals surface area contributed by atoms with Gasteiger partial charge in [0.1, 0.15) is 0 Å². The molecule has 4 nitrogen and oxygen atoms in total. The predicted molar refractivity (Wildman–Crippen MR) is 69.6 cm³/mol. The lowest BCUT2D eigenvalue weighted by molar-refractivity contribution is 0.0888. The molecule has 0 heterocycles. The third-order valence-corrected chi connectivity index (χ3v) is 2.87. The molecule has 0 saturated carbocycles. The van der Waals surface area contributed by atoms with Gasteiger partial charge in [-0.25, -0.2) is 0 Å². The summed E-state index contributed by atoms with van der Waals surface area (Å²) in [6.45, 7) is 5.14. The number of aliphatic hydroxyl groups is 1. The molecular formula is C14H19NO3. The zero-order valence-electron chi connectivity index (χ0n) is 10.9. The van der Waals surface area contributed by atoms with E-state index in [2.05, 4.69) is 5.32 Å². The lowest BCUT2D eigenvalue weighted by atomic mass is 10.0. The number of nitrogens with one attached hydrogen (secondary N) is 1. The van der Waals surface area contributed by atoms with Crippen molar-refractivity contribution in [1.29, 1.82) is 0 Å². The summed E-state index contributed by atoms with van der Waals surface area (Å²) in [4.78, 5) is 23.5. The minimum Gasteiger partial charge on any atom is -0.394 e. The van der Waals surface area contributed by atoms with Crippen molar-refractivity contribution in [1.82, 2.24) is 5.32 Å². The molecule has 1 rings (SSSR count). The fourth-order valence-electron chi connectivity index (χ4n) is 1.66. The maximum Gasteiger partial charge on any atom is 0.252 e. The Balaban J connectivity index is 2.94. The SMILES string of the molecule is CC(=O)c1ccccc1C(=O)N[C@H](CO)C(C)C. The second-order valence-electron chi connectivity index (χ2n) is 4.61. The van der Waals surface area contributed by atoms with Gasteiger partial charge in [0.15, 0.2) is 5.78 Å². The molecule has 0 radical (unpaired) electrons. The summed E-state index contributed by atoms with van der Waals surface area (Å²) < 4.78 is 0. The van der Waals surface area contributed by atoms with Crippen LogP contribution in [0, 0.1) is 5.92 Å². The number of hydrogen-bond acceptors (Lipinski definition) is 3. The summed E-state index contributed by atoms with van der Waals surface area (Å²) in [5, 5.41) is 11.9. The second-order valence-corrected chi connectivity index (χ2v) is 4.61. The zero-order valence-corrected chi connectivity index (χ0v) is 10.9. The van der Waals surface area contributed by atoms with Gasteiger partial charge in [-0.05, 0) is 18.9 Å². The summed E-state index contributed by atoms with van der Waals surface area (Å²) in [7, 11) is 0. The van der Waals surface area contributed by atoms with Crippen molar-refractivity contribution < 1.29 is 14.7 Å². The first kappa shape index (κ1) is 14.4. The maximum atomic E-state index is 12.1. The highest BCUT2D eigenvalue weighted by Gasteiger charge is 2.19. The van der Waals surface area contributed by atoms with Crippen LogP contribution in [-0.2, 0) is 0 Å². The molecule has 0 aliphatic heterocycles. The number of hydrogen-bond donors (Lipinski definition) is 2. The first-order chi connectivity index (χ1) is 8.47. The van der Waals surface area contributed by atoms with Crippen molar-refractivity contribution in [2.24, 2.45) is 5.92 Å². The Hall–Kier alpha value is -1.68. The van der Waals surface area contributed by atoms with Gasteiger partial charge in [-0.2, -0.15) is 0 Å². The molecular weight excluding hydrogens is 230 g/mol. The van der Waals surface area contributed by atoms with Gasteiger partial charge in [-0.1, -0.05) is 32.0 Å². The van der Waals surface area contributed by atoms with Gasteiger partial charge in [-0.15, -0.1) is 0 Å². The van der Waals surface area contributed by atoms with Crippen LogP contribution in [0.25, 0.3) is 0 Å². The Morgan fingerprint density at radius 3 is 2.22 bits per heavy atom. The normalized spacial score (nSPS) is 12.3. The van der Waals surface area contributed by atoms with E-state index in [4.69, 9.17) is 0 Å². The Labute approximate surface area is 107 Å². The first-order valence-corrected chi connectivity index (χ1v) is 5.99. The average Bonchev–Trinajstić information content (AvgIpc) is 2.35. The topological polar surface area (TPSA) is 66.4 Å². The van der Waals surface area contributed by atoms with Crippen LogP contribution in [0.3, 0.4) is 0 Å². The van der Waals surface area contributed by atoms with Crippen LogP contribution in [-0.4, -0.2) is 29.4 Å². The molecule has 0 unspecified atom stereocenters. The number of ketones is 1. The quantitative estimate of drug-likeness (QED) is 0.779. The predicted octanol–water partition coefficient (Wildman–Crippen LogP) is 1.64. The van der Waals surface area contributed by atoms with Crippen LogP contribution < -0.4 is 5.32 Å². The molecule has 0 spiro atoms. The highest BCUT2D eigenvalue weighted by Crippen LogP contribution is 2.11. The van der Waals surface area contributed by atoms with Crippen LogP contribution in [0.1, 0.15) is 41.5 Å². The van der Waals surface area contributed by atoms with E-state index in [0.29, 0.717) is 11.1 Å². The summed E-state index contributed by atoms with van der Waals surface area (Å²) in [6.07, 6.45) is 0. The Morgan fingerprint density at radius 1 is 1.22 bits per heavy atom. The monoisotopic (exact) mass is 249 g/mol. The van der Waals surface area contributed by atoms with Crippen LogP contribution >= 0.6 is 0 Å². The molecule has 2 N–H and O–H groups in total. The summed E-state index contributed by atoms with van der Waals surface area (Å²) in [5.41, 5.74) is 0.750. The third-order valence-electron chi connectivity index (χ3n) is 2.87. The van der Waals surface area contributed by atoms with Crippen LogP contribution in [0.15, 0.2) is 24.3 Å². The van der Waals surface area contributed by atoms with E-state index < -0.39 is 0 Å². The molecule has 0 fully saturated rings. The highest BCUT2D eigenvalue weighted by atomic mass is 16.3. The standard InChI is InChI=1S/C14H19NO3/c1-9(2)13(8-16)15-14(18)12-7-5-4-6-11(12)10(3)17/h4-7,9,13,16H,8H2,1-3H3,(H,15,18)/t13-/m1/s1. The summed E-state index contributed by atoms with van der Waals surface area (Å²) in [5.74, 6) is -0.345. The van der Waals surface area contributed by atoms with Gasteiger partial charge in [0.25, 0.3) is 5.91 Å². The minimum atomic E-state index is -0.325. The van der Waals surface area contributed by atoms with Crippen LogP contribution in [0.2, 0.25) is 0 Å². The van der Waals surface area contributed by atoms with Crippen molar-refractivity contribution in [2.75, 3.05) is 6.61 Å². The largest absolute Gasteiger partial charge is 0.394 e. The molecule has 4 heteroatoms. The maximum absolute atomic E-state index is 12.1. The summed E-state index contributed by atoms with van der Waals surface area (Å²) >= 11 is 0. The average molecular weight is 249 g/mol. The van der Waals surface area contributed by atoms with Crippen molar-refractivity contribution in [3.8, 4) is 0 Å². The Morgan fingerprint density at radius 2 is 1.78 bits per heavy atom. The van der Waals surface area contributed by atoms with E-state index in [-0.39, 0.29) is 30.3 Å². The molecule has 0 bridgehead atoms. The molecule has 0 aliphatic rings. The van der Waals surface area contributed by atoms with Gasteiger partial charge in [-0.3, -0.25) is 9.59 Å². The number of benzene rings is 1. The molecule has 98 valence electrons. The second kappa shape index (κ2) is 6.31. The molecule has 1 atom stereocenters. The molecule has 0 saturated heterocycles. The molecule has 1 aromatic rings. The van der Waals surface area contributed by atoms with E-state index in [0.717, 1.165) is 0 Å². The summed E-state index contributed by atoms with van der Waals surface area (Å²) in [6, 6.07) is 6.36. The fourth-order valence-corrected chi connectivity index (χ4v) is 1.66. The number of rotatable bonds is 5. The van der Waals surface area contributed by atoms with Crippen LogP contribution in [0.4, 0.5) is 0 Å². The highest BCUT2D eigenvalue weighted by molar-refractivity contribution is 6.07. The van der Waals surface area contributed by atoms with Crippen molar-refractivity contribution in [3.63, 3.8) is 0 Å². The lowest BCUT2D eigenvalue weighted by Crippen LogP contribution is -2.41. The number of carbonyl (C=O) groups excluding carboxylic acids is 2. The van der Waals surface area contributed by atoms with Crippen molar-refractivity contribution >= 4 is 11.7 Å². The molecule has 18 heavy (non-hydrogen) atoms. The lowest BCUT2D eigenvalue weighted by Gasteiger charge is -2.20. The van der Waals surface area contributed by atoms with Gasteiger partial charge >= 0.3 is 0 Å². The first-order valence-electron chi connectivity index (χ1n) is 5.99. The van der Waals surface area contributed by atoms with Crippen molar-refractivity contribution in [3.05, 3.63) is 35.4 Å². The Kier molecular flexibility index (Phi) is 5.04. The number of aliphatic hydroxyl groups excluding tert-OH is 1. The molecule has 0 aliphatic carbocycles. The zero-order chi connectivity index (χ0) is 13.7. The third kappa shape index (κ3) is 3.40. The molecule has 1 aromatic carbocycles. The Bertz CT molecular complexity index is 440. The minimum absolute atomic E-state index is 0.119. The fraction of sp³-hybridized carbons (Fsp3) is 0.429. The van der Waals surface area contributed by atoms with Gasteiger partial charge in [0.05, 0.1) is 18.2 Å². The number of Topliss-reactive ketones (excluding diaryl/α,β-unsaturated/α-hetero) is 1.